The Bertz CT molecular complexity index is 346. The summed E-state index contributed by atoms with van der Waals surface area (Å²) in [5, 5.41) is 4.18. The lowest BCUT2D eigenvalue weighted by Crippen LogP contribution is -2.45. The second-order valence-electron chi connectivity index (χ2n) is 4.79. The molecule has 1 aliphatic heterocycles. The molecule has 96 valence electrons. The fraction of sp³-hybridized carbons (Fsp3) is 0.750. The number of hydrogen-bond donors (Lipinski definition) is 1. The van der Waals surface area contributed by atoms with Crippen LogP contribution in [0.25, 0.3) is 0 Å². The molecule has 1 saturated heterocycles. The topological polar surface area (TPSA) is 56.3 Å². The second kappa shape index (κ2) is 5.62. The molecule has 5 heteroatoms. The van der Waals surface area contributed by atoms with E-state index in [1.54, 1.807) is 0 Å². The van der Waals surface area contributed by atoms with E-state index in [9.17, 15) is 0 Å². The molecule has 0 amide bonds. The predicted octanol–water partition coefficient (Wildman–Crippen LogP) is 0.358. The molecule has 2 unspecified atom stereocenters. The minimum atomic E-state index is 0.293. The van der Waals surface area contributed by atoms with Crippen molar-refractivity contribution in [2.75, 3.05) is 20.2 Å². The van der Waals surface area contributed by atoms with Crippen molar-refractivity contribution in [3.8, 4) is 0 Å². The van der Waals surface area contributed by atoms with E-state index in [-0.39, 0.29) is 0 Å². The Morgan fingerprint density at radius 1 is 1.71 bits per heavy atom. The lowest BCUT2D eigenvalue weighted by molar-refractivity contribution is 0.0347. The average Bonchev–Trinajstić information content (AvgIpc) is 2.92. The van der Waals surface area contributed by atoms with Crippen molar-refractivity contribution in [2.24, 2.45) is 12.8 Å². The molecule has 2 rings (SSSR count). The Labute approximate surface area is 103 Å². The number of hydrogen-bond acceptors (Lipinski definition) is 4. The maximum atomic E-state index is 5.87. The number of rotatable bonds is 5. The molecule has 1 fully saturated rings. The van der Waals surface area contributed by atoms with Gasteiger partial charge in [0.25, 0.3) is 0 Å². The lowest BCUT2D eigenvalue weighted by Gasteiger charge is -2.30. The van der Waals surface area contributed by atoms with Gasteiger partial charge in [-0.2, -0.15) is 5.10 Å². The molecule has 0 bridgehead atoms. The monoisotopic (exact) mass is 238 g/mol. The summed E-state index contributed by atoms with van der Waals surface area (Å²) in [6.45, 7) is 2.39. The fourth-order valence-electron chi connectivity index (χ4n) is 2.48. The van der Waals surface area contributed by atoms with Gasteiger partial charge in [-0.3, -0.25) is 9.58 Å². The molecule has 0 aliphatic carbocycles. The van der Waals surface area contributed by atoms with Gasteiger partial charge in [0.2, 0.25) is 0 Å². The van der Waals surface area contributed by atoms with Crippen LogP contribution in [0.15, 0.2) is 12.4 Å². The van der Waals surface area contributed by atoms with Crippen LogP contribution in [0.2, 0.25) is 0 Å². The van der Waals surface area contributed by atoms with E-state index >= 15 is 0 Å². The van der Waals surface area contributed by atoms with Crippen LogP contribution in [0, 0.1) is 0 Å². The smallest absolute Gasteiger partial charge is 0.0743 e. The standard InChI is InChI=1S/C12H22N4O/c1-15(8-10-7-14-16(2)9-10)11(6-13)12-4-3-5-17-12/h7,9,11-12H,3-6,8,13H2,1-2H3. The van der Waals surface area contributed by atoms with Crippen LogP contribution in [0.5, 0.6) is 0 Å². The third-order valence-corrected chi connectivity index (χ3v) is 3.39. The van der Waals surface area contributed by atoms with E-state index in [0.717, 1.165) is 26.0 Å². The van der Waals surface area contributed by atoms with E-state index in [1.807, 2.05) is 24.1 Å². The Morgan fingerprint density at radius 3 is 3.06 bits per heavy atom. The van der Waals surface area contributed by atoms with Crippen LogP contribution in [0.4, 0.5) is 0 Å². The molecule has 0 saturated carbocycles. The van der Waals surface area contributed by atoms with E-state index in [2.05, 4.69) is 17.0 Å². The van der Waals surface area contributed by atoms with Crippen molar-refractivity contribution < 1.29 is 4.74 Å². The summed E-state index contributed by atoms with van der Waals surface area (Å²) in [6.07, 6.45) is 6.52. The third-order valence-electron chi connectivity index (χ3n) is 3.39. The summed E-state index contributed by atoms with van der Waals surface area (Å²) in [5.41, 5.74) is 7.08. The molecule has 0 spiro atoms. The van der Waals surface area contributed by atoms with Crippen molar-refractivity contribution in [3.05, 3.63) is 18.0 Å². The fourth-order valence-corrected chi connectivity index (χ4v) is 2.48. The molecule has 0 aromatic carbocycles. The molecular formula is C12H22N4O. The minimum Gasteiger partial charge on any atom is -0.377 e. The molecule has 17 heavy (non-hydrogen) atoms. The van der Waals surface area contributed by atoms with Crippen molar-refractivity contribution in [1.29, 1.82) is 0 Å². The zero-order valence-corrected chi connectivity index (χ0v) is 10.7. The normalized spacial score (nSPS) is 22.2. The zero-order valence-electron chi connectivity index (χ0n) is 10.7. The Morgan fingerprint density at radius 2 is 2.53 bits per heavy atom. The van der Waals surface area contributed by atoms with Gasteiger partial charge in [0, 0.05) is 44.5 Å². The summed E-state index contributed by atoms with van der Waals surface area (Å²) >= 11 is 0. The first-order valence-electron chi connectivity index (χ1n) is 6.20. The van der Waals surface area contributed by atoms with Crippen LogP contribution in [0.3, 0.4) is 0 Å². The molecule has 1 aliphatic rings. The SMILES string of the molecule is CN(Cc1cnn(C)c1)C(CN)C1CCCO1. The number of likely N-dealkylation sites (N-methyl/N-ethyl adjacent to an activating group) is 1. The molecule has 0 radical (unpaired) electrons. The Balaban J connectivity index is 1.94. The van der Waals surface area contributed by atoms with Crippen LogP contribution < -0.4 is 5.73 Å². The van der Waals surface area contributed by atoms with Crippen molar-refractivity contribution in [2.45, 2.75) is 31.5 Å². The summed E-state index contributed by atoms with van der Waals surface area (Å²) in [7, 11) is 4.04. The first-order chi connectivity index (χ1) is 8.20. The number of nitrogens with zero attached hydrogens (tertiary/aromatic N) is 3. The Hall–Kier alpha value is -0.910. The van der Waals surface area contributed by atoms with Gasteiger partial charge in [-0.15, -0.1) is 0 Å². The first kappa shape index (κ1) is 12.5. The van der Waals surface area contributed by atoms with Crippen LogP contribution in [-0.2, 0) is 18.3 Å². The number of nitrogens with two attached hydrogens (primary N) is 1. The maximum Gasteiger partial charge on any atom is 0.0743 e. The second-order valence-corrected chi connectivity index (χ2v) is 4.79. The van der Waals surface area contributed by atoms with Gasteiger partial charge in [-0.1, -0.05) is 0 Å². The zero-order chi connectivity index (χ0) is 12.3. The molecule has 5 nitrogen and oxygen atoms in total. The van der Waals surface area contributed by atoms with Crippen molar-refractivity contribution >= 4 is 0 Å². The van der Waals surface area contributed by atoms with Gasteiger partial charge in [0.1, 0.15) is 0 Å². The molecule has 2 heterocycles. The van der Waals surface area contributed by atoms with E-state index in [0.29, 0.717) is 18.7 Å². The number of aromatic nitrogens is 2. The largest absolute Gasteiger partial charge is 0.377 e. The van der Waals surface area contributed by atoms with Crippen LogP contribution in [0.1, 0.15) is 18.4 Å². The molecule has 2 atom stereocenters. The average molecular weight is 238 g/mol. The van der Waals surface area contributed by atoms with Gasteiger partial charge >= 0.3 is 0 Å². The van der Waals surface area contributed by atoms with E-state index < -0.39 is 0 Å². The summed E-state index contributed by atoms with van der Waals surface area (Å²) in [4.78, 5) is 2.27. The van der Waals surface area contributed by atoms with Crippen LogP contribution >= 0.6 is 0 Å². The highest BCUT2D eigenvalue weighted by molar-refractivity contribution is 5.03. The minimum absolute atomic E-state index is 0.293. The molecule has 1 aromatic heterocycles. The predicted molar refractivity (Wildman–Crippen MR) is 66.5 cm³/mol. The third kappa shape index (κ3) is 3.06. The van der Waals surface area contributed by atoms with Gasteiger partial charge in [0.05, 0.1) is 12.3 Å². The van der Waals surface area contributed by atoms with Gasteiger partial charge in [-0.25, -0.2) is 0 Å². The van der Waals surface area contributed by atoms with Crippen LogP contribution in [-0.4, -0.2) is 47.0 Å². The highest BCUT2D eigenvalue weighted by Gasteiger charge is 2.28. The maximum absolute atomic E-state index is 5.87. The number of aryl methyl sites for hydroxylation is 1. The lowest BCUT2D eigenvalue weighted by atomic mass is 10.1. The first-order valence-corrected chi connectivity index (χ1v) is 6.20. The van der Waals surface area contributed by atoms with Gasteiger partial charge in [0.15, 0.2) is 0 Å². The van der Waals surface area contributed by atoms with Crippen molar-refractivity contribution in [3.63, 3.8) is 0 Å². The van der Waals surface area contributed by atoms with E-state index in [4.69, 9.17) is 10.5 Å². The Kier molecular flexibility index (Phi) is 4.15. The molecule has 2 N–H and O–H groups in total. The number of ether oxygens (including phenoxy) is 1. The summed E-state index contributed by atoms with van der Waals surface area (Å²) in [5.74, 6) is 0. The van der Waals surface area contributed by atoms with Gasteiger partial charge < -0.3 is 10.5 Å². The molecule has 1 aromatic rings. The molecular weight excluding hydrogens is 216 g/mol. The quantitative estimate of drug-likeness (QED) is 0.804. The summed E-state index contributed by atoms with van der Waals surface area (Å²) < 4.78 is 7.55. The highest BCUT2D eigenvalue weighted by Crippen LogP contribution is 2.19. The van der Waals surface area contributed by atoms with Crippen molar-refractivity contribution in [1.82, 2.24) is 14.7 Å². The summed E-state index contributed by atoms with van der Waals surface area (Å²) in [6, 6.07) is 0.303. The van der Waals surface area contributed by atoms with Gasteiger partial charge in [-0.05, 0) is 19.9 Å². The van der Waals surface area contributed by atoms with E-state index in [1.165, 1.54) is 5.56 Å². The highest BCUT2D eigenvalue weighted by atomic mass is 16.5.